The summed E-state index contributed by atoms with van der Waals surface area (Å²) in [5.74, 6) is -0.148. The molecule has 0 aliphatic carbocycles. The zero-order valence-corrected chi connectivity index (χ0v) is 5.59. The number of hydrogen-bond acceptors (Lipinski definition) is 3. The first-order valence-electron chi connectivity index (χ1n) is 3.01. The third kappa shape index (κ3) is 1.03. The summed E-state index contributed by atoms with van der Waals surface area (Å²) in [5.41, 5.74) is 4.52. The van der Waals surface area contributed by atoms with Gasteiger partial charge in [-0.05, 0) is 6.08 Å². The van der Waals surface area contributed by atoms with Crippen LogP contribution in [-0.4, -0.2) is 24.8 Å². The summed E-state index contributed by atoms with van der Waals surface area (Å²) in [4.78, 5) is 10.6. The summed E-state index contributed by atoms with van der Waals surface area (Å²) < 4.78 is 5.05. The number of hydrogen-bond donors (Lipinski definition) is 2. The van der Waals surface area contributed by atoms with Crippen LogP contribution in [0.2, 0.25) is 0 Å². The molecule has 1 aliphatic heterocycles. The maximum Gasteiger partial charge on any atom is 0.248 e. The van der Waals surface area contributed by atoms with Gasteiger partial charge < -0.3 is 15.8 Å². The monoisotopic (exact) mass is 142 g/mol. The van der Waals surface area contributed by atoms with Gasteiger partial charge in [-0.25, -0.2) is 0 Å². The van der Waals surface area contributed by atoms with E-state index in [1.54, 1.807) is 0 Å². The third-order valence-corrected chi connectivity index (χ3v) is 1.44. The minimum absolute atomic E-state index is 0.0726. The first kappa shape index (κ1) is 7.24. The maximum atomic E-state index is 10.6. The van der Waals surface area contributed by atoms with Crippen LogP contribution in [0.4, 0.5) is 0 Å². The number of carbonyl (C=O) groups excluding carboxylic acids is 1. The van der Waals surface area contributed by atoms with Gasteiger partial charge in [-0.2, -0.15) is 0 Å². The molecule has 0 aromatic heterocycles. The zero-order chi connectivity index (χ0) is 7.61. The minimum Gasteiger partial charge on any atom is -0.341 e. The second kappa shape index (κ2) is 2.40. The molecule has 1 rings (SSSR count). The van der Waals surface area contributed by atoms with Crippen molar-refractivity contribution in [2.24, 2.45) is 5.73 Å². The fraction of sp³-hybridized carbons (Fsp3) is 0.500. The lowest BCUT2D eigenvalue weighted by atomic mass is 10.2. The average Bonchev–Trinajstić information content (AvgIpc) is 2.33. The smallest absolute Gasteiger partial charge is 0.248 e. The molecule has 0 bridgehead atoms. The normalized spacial score (nSPS) is 31.9. The Labute approximate surface area is 59.0 Å². The van der Waals surface area contributed by atoms with Gasteiger partial charge in [0.15, 0.2) is 5.72 Å². The Bertz CT molecular complexity index is 169. The first-order valence-corrected chi connectivity index (χ1v) is 3.01. The summed E-state index contributed by atoms with van der Waals surface area (Å²) >= 11 is 0. The van der Waals surface area contributed by atoms with E-state index in [1.165, 1.54) is 6.08 Å². The van der Waals surface area contributed by atoms with Crippen LogP contribution < -0.4 is 11.1 Å². The fourth-order valence-electron chi connectivity index (χ4n) is 0.806. The summed E-state index contributed by atoms with van der Waals surface area (Å²) in [6.07, 6.45) is 1.50. The van der Waals surface area contributed by atoms with Gasteiger partial charge in [0.1, 0.15) is 6.61 Å². The largest absolute Gasteiger partial charge is 0.341 e. The van der Waals surface area contributed by atoms with Crippen LogP contribution in [0.25, 0.3) is 0 Å². The Morgan fingerprint density at radius 1 is 2.00 bits per heavy atom. The molecule has 4 heteroatoms. The molecule has 0 aromatic carbocycles. The Balaban J connectivity index is 2.68. The topological polar surface area (TPSA) is 64.3 Å². The summed E-state index contributed by atoms with van der Waals surface area (Å²) in [7, 11) is 0. The highest BCUT2D eigenvalue weighted by Crippen LogP contribution is 2.11. The Morgan fingerprint density at radius 2 is 2.70 bits per heavy atom. The quantitative estimate of drug-likeness (QED) is 0.485. The minimum atomic E-state index is -0.808. The summed E-state index contributed by atoms with van der Waals surface area (Å²) in [5, 5.41) is 2.56. The van der Waals surface area contributed by atoms with E-state index in [0.29, 0.717) is 0 Å². The molecule has 0 aromatic rings. The SMILES string of the molecule is C=CC1(CN)NC(=O)CO1. The van der Waals surface area contributed by atoms with Crippen molar-refractivity contribution >= 4 is 5.91 Å². The van der Waals surface area contributed by atoms with Crippen molar-refractivity contribution in [2.45, 2.75) is 5.72 Å². The van der Waals surface area contributed by atoms with Crippen LogP contribution in [0.1, 0.15) is 0 Å². The zero-order valence-electron chi connectivity index (χ0n) is 5.59. The highest BCUT2D eigenvalue weighted by Gasteiger charge is 2.34. The standard InChI is InChI=1S/C6H10N2O2/c1-2-6(4-7)8-5(9)3-10-6/h2H,1,3-4,7H2,(H,8,9). The second-order valence-corrected chi connectivity index (χ2v) is 2.13. The molecule has 0 radical (unpaired) electrons. The lowest BCUT2D eigenvalue weighted by Gasteiger charge is -2.20. The van der Waals surface area contributed by atoms with Crippen molar-refractivity contribution in [2.75, 3.05) is 13.2 Å². The number of rotatable bonds is 2. The highest BCUT2D eigenvalue weighted by molar-refractivity contribution is 5.80. The second-order valence-electron chi connectivity index (χ2n) is 2.13. The van der Waals surface area contributed by atoms with Gasteiger partial charge in [-0.3, -0.25) is 4.79 Å². The fourth-order valence-corrected chi connectivity index (χ4v) is 0.806. The van der Waals surface area contributed by atoms with Crippen LogP contribution in [0.15, 0.2) is 12.7 Å². The Morgan fingerprint density at radius 3 is 2.90 bits per heavy atom. The van der Waals surface area contributed by atoms with E-state index in [-0.39, 0.29) is 19.1 Å². The van der Waals surface area contributed by atoms with Gasteiger partial charge in [0, 0.05) is 6.54 Å². The lowest BCUT2D eigenvalue weighted by molar-refractivity contribution is -0.119. The molecule has 1 unspecified atom stereocenters. The van der Waals surface area contributed by atoms with Gasteiger partial charge in [-0.1, -0.05) is 6.58 Å². The molecule has 3 N–H and O–H groups in total. The number of ether oxygens (including phenoxy) is 1. The van der Waals surface area contributed by atoms with E-state index in [0.717, 1.165) is 0 Å². The van der Waals surface area contributed by atoms with Crippen molar-refractivity contribution in [1.82, 2.24) is 5.32 Å². The molecule has 1 amide bonds. The molecule has 1 saturated heterocycles. The molecule has 1 aliphatic rings. The van der Waals surface area contributed by atoms with E-state index >= 15 is 0 Å². The van der Waals surface area contributed by atoms with E-state index in [1.807, 2.05) is 0 Å². The van der Waals surface area contributed by atoms with E-state index in [9.17, 15) is 4.79 Å². The lowest BCUT2D eigenvalue weighted by Crippen LogP contribution is -2.47. The molecule has 56 valence electrons. The number of nitrogens with two attached hydrogens (primary N) is 1. The van der Waals surface area contributed by atoms with E-state index in [2.05, 4.69) is 11.9 Å². The summed E-state index contributed by atoms with van der Waals surface area (Å²) in [6, 6.07) is 0. The van der Waals surface area contributed by atoms with Crippen LogP contribution >= 0.6 is 0 Å². The van der Waals surface area contributed by atoms with E-state index < -0.39 is 5.72 Å². The third-order valence-electron chi connectivity index (χ3n) is 1.44. The predicted octanol–water partition coefficient (Wildman–Crippen LogP) is -1.03. The molecule has 1 heterocycles. The van der Waals surface area contributed by atoms with Crippen molar-refractivity contribution in [3.8, 4) is 0 Å². The van der Waals surface area contributed by atoms with Gasteiger partial charge in [-0.15, -0.1) is 0 Å². The molecule has 1 fully saturated rings. The molecule has 10 heavy (non-hydrogen) atoms. The van der Waals surface area contributed by atoms with Crippen LogP contribution in [0.5, 0.6) is 0 Å². The molecule has 4 nitrogen and oxygen atoms in total. The van der Waals surface area contributed by atoms with Crippen LogP contribution in [-0.2, 0) is 9.53 Å². The van der Waals surface area contributed by atoms with E-state index in [4.69, 9.17) is 10.5 Å². The number of carbonyl (C=O) groups is 1. The summed E-state index contributed by atoms with van der Waals surface area (Å²) in [6.45, 7) is 3.80. The van der Waals surface area contributed by atoms with Gasteiger partial charge in [0.25, 0.3) is 0 Å². The molecular formula is C6H10N2O2. The molecule has 0 saturated carbocycles. The van der Waals surface area contributed by atoms with Crippen LogP contribution in [0, 0.1) is 0 Å². The van der Waals surface area contributed by atoms with Gasteiger partial charge >= 0.3 is 0 Å². The van der Waals surface area contributed by atoms with Crippen molar-refractivity contribution in [1.29, 1.82) is 0 Å². The van der Waals surface area contributed by atoms with Crippen molar-refractivity contribution in [3.63, 3.8) is 0 Å². The Hall–Kier alpha value is -0.870. The molecular weight excluding hydrogens is 132 g/mol. The maximum absolute atomic E-state index is 10.6. The highest BCUT2D eigenvalue weighted by atomic mass is 16.5. The number of amides is 1. The number of nitrogens with one attached hydrogen (secondary N) is 1. The average molecular weight is 142 g/mol. The predicted molar refractivity (Wildman–Crippen MR) is 36.1 cm³/mol. The molecule has 1 atom stereocenters. The Kier molecular flexibility index (Phi) is 1.74. The van der Waals surface area contributed by atoms with Crippen molar-refractivity contribution in [3.05, 3.63) is 12.7 Å². The van der Waals surface area contributed by atoms with Gasteiger partial charge in [0.2, 0.25) is 5.91 Å². The van der Waals surface area contributed by atoms with Crippen LogP contribution in [0.3, 0.4) is 0 Å². The van der Waals surface area contributed by atoms with Gasteiger partial charge in [0.05, 0.1) is 0 Å². The molecule has 0 spiro atoms. The van der Waals surface area contributed by atoms with Crippen molar-refractivity contribution < 1.29 is 9.53 Å². The first-order chi connectivity index (χ1) is 4.72.